The van der Waals surface area contributed by atoms with Crippen molar-refractivity contribution in [3.63, 3.8) is 0 Å². The van der Waals surface area contributed by atoms with Gasteiger partial charge in [-0.15, -0.1) is 0 Å². The van der Waals surface area contributed by atoms with Gasteiger partial charge in [-0.1, -0.05) is 19.9 Å². The lowest BCUT2D eigenvalue weighted by Crippen LogP contribution is -2.45. The van der Waals surface area contributed by atoms with Crippen molar-refractivity contribution in [1.82, 2.24) is 14.3 Å². The first kappa shape index (κ1) is 23.2. The second kappa shape index (κ2) is 9.87. The fourth-order valence-corrected chi connectivity index (χ4v) is 11.6. The van der Waals surface area contributed by atoms with Gasteiger partial charge in [0.2, 0.25) is 0 Å². The number of aromatic nitrogens is 1. The zero-order valence-electron chi connectivity index (χ0n) is 18.6. The lowest BCUT2D eigenvalue weighted by Gasteiger charge is -2.47. The van der Waals surface area contributed by atoms with Gasteiger partial charge in [0.05, 0.1) is 11.8 Å². The molecule has 1 saturated carbocycles. The Bertz CT molecular complexity index is 703. The summed E-state index contributed by atoms with van der Waals surface area (Å²) in [5, 5.41) is 11.2. The van der Waals surface area contributed by atoms with E-state index in [1.165, 1.54) is 38.5 Å². The van der Waals surface area contributed by atoms with Crippen molar-refractivity contribution in [1.29, 1.82) is 0 Å². The normalized spacial score (nSPS) is 32.1. The van der Waals surface area contributed by atoms with Crippen LogP contribution in [0.4, 0.5) is 0 Å². The Morgan fingerprint density at radius 1 is 1.13 bits per heavy atom. The number of halogens is 1. The van der Waals surface area contributed by atoms with Gasteiger partial charge in [0.15, 0.2) is 0 Å². The predicted octanol–water partition coefficient (Wildman–Crippen LogP) is 5.73. The highest BCUT2D eigenvalue weighted by molar-refractivity contribution is 9.10. The van der Waals surface area contributed by atoms with Crippen LogP contribution in [0.15, 0.2) is 22.9 Å². The Labute approximate surface area is 193 Å². The van der Waals surface area contributed by atoms with Crippen LogP contribution in [-0.4, -0.2) is 57.8 Å². The summed E-state index contributed by atoms with van der Waals surface area (Å²) in [4.78, 5) is 4.33. The molecule has 2 unspecified atom stereocenters. The van der Waals surface area contributed by atoms with Crippen molar-refractivity contribution in [2.75, 3.05) is 13.1 Å². The Morgan fingerprint density at radius 3 is 2.33 bits per heavy atom. The molecule has 4 rings (SSSR count). The second-order valence-electron chi connectivity index (χ2n) is 9.49. The molecule has 7 heteroatoms. The van der Waals surface area contributed by atoms with E-state index in [0.29, 0.717) is 17.7 Å². The highest BCUT2D eigenvalue weighted by atomic mass is 79.9. The number of hydrogen-bond donors (Lipinski definition) is 1. The van der Waals surface area contributed by atoms with Crippen molar-refractivity contribution in [2.45, 2.75) is 95.5 Å². The first-order valence-electron chi connectivity index (χ1n) is 12.0. The molecule has 1 aromatic rings. The molecule has 1 N–H and O–H groups in total. The average molecular weight is 493 g/mol. The summed E-state index contributed by atoms with van der Waals surface area (Å²) in [7, 11) is 5.73. The minimum absolute atomic E-state index is 0.267. The molecule has 3 aliphatic rings. The molecule has 3 fully saturated rings. The van der Waals surface area contributed by atoms with Crippen LogP contribution in [0.2, 0.25) is 0 Å². The van der Waals surface area contributed by atoms with Gasteiger partial charge in [0, 0.05) is 36.9 Å². The van der Waals surface area contributed by atoms with Gasteiger partial charge in [-0.2, -0.15) is 9.34 Å². The molecular weight excluding hydrogens is 456 g/mol. The van der Waals surface area contributed by atoms with E-state index in [-0.39, 0.29) is 5.92 Å². The van der Waals surface area contributed by atoms with Gasteiger partial charge >= 0.3 is 7.57 Å². The summed E-state index contributed by atoms with van der Waals surface area (Å²) in [5.74, 6) is 0.267. The topological polar surface area (TPSA) is 39.6 Å². The van der Waals surface area contributed by atoms with E-state index in [9.17, 15) is 5.11 Å². The standard InChI is InChI=1S/C23H37BBrN3OP/c1-3-18-8-6-14-27(18)30(24,28-15-7-9-19(28)4-2)20-12-11-17(16-20)22(29)21-10-5-13-26-23(21)25/h5,10,13,17-20,22,29H,3-4,6-9,11-12,14-16H2,1-2H3/q+1/t17?,18-,19-,20?,22+/m1/s1. The molecule has 0 spiro atoms. The van der Waals surface area contributed by atoms with Crippen LogP contribution in [0.1, 0.15) is 83.3 Å². The number of rotatable bonds is 7. The lowest BCUT2D eigenvalue weighted by molar-refractivity contribution is 0.110. The minimum atomic E-state index is -1.91. The van der Waals surface area contributed by atoms with E-state index in [4.69, 9.17) is 7.57 Å². The van der Waals surface area contributed by atoms with E-state index in [1.807, 2.05) is 12.1 Å². The number of aliphatic hydroxyl groups excluding tert-OH is 1. The maximum atomic E-state index is 11.2. The first-order chi connectivity index (χ1) is 14.5. The van der Waals surface area contributed by atoms with E-state index in [1.54, 1.807) is 6.20 Å². The van der Waals surface area contributed by atoms with E-state index >= 15 is 0 Å². The average Bonchev–Trinajstić information content (AvgIpc) is 3.53. The highest BCUT2D eigenvalue weighted by Crippen LogP contribution is 2.72. The lowest BCUT2D eigenvalue weighted by atomic mass is 9.96. The molecule has 30 heavy (non-hydrogen) atoms. The molecule has 3 heterocycles. The summed E-state index contributed by atoms with van der Waals surface area (Å²) in [6, 6.07) is 5.19. The summed E-state index contributed by atoms with van der Waals surface area (Å²) in [5.41, 5.74) is 1.43. The molecule has 164 valence electrons. The molecule has 0 aromatic carbocycles. The van der Waals surface area contributed by atoms with Crippen LogP contribution in [0.3, 0.4) is 0 Å². The first-order valence-corrected chi connectivity index (χ1v) is 14.6. The van der Waals surface area contributed by atoms with Crippen LogP contribution >= 0.6 is 23.4 Å². The minimum Gasteiger partial charge on any atom is -0.388 e. The molecule has 2 aliphatic heterocycles. The molecule has 4 nitrogen and oxygen atoms in total. The van der Waals surface area contributed by atoms with Crippen molar-refractivity contribution in [2.24, 2.45) is 5.92 Å². The van der Waals surface area contributed by atoms with Crippen molar-refractivity contribution < 1.29 is 5.11 Å². The Morgan fingerprint density at radius 2 is 1.77 bits per heavy atom. The van der Waals surface area contributed by atoms with E-state index < -0.39 is 13.5 Å². The second-order valence-corrected chi connectivity index (χ2v) is 13.4. The van der Waals surface area contributed by atoms with Crippen LogP contribution in [0.5, 0.6) is 0 Å². The Kier molecular flexibility index (Phi) is 7.62. The molecule has 0 bridgehead atoms. The fraction of sp³-hybridized carbons (Fsp3) is 0.783. The quantitative estimate of drug-likeness (QED) is 0.300. The maximum Gasteiger partial charge on any atom is 0.409 e. The van der Waals surface area contributed by atoms with Gasteiger partial charge in [-0.05, 0) is 85.7 Å². The predicted molar refractivity (Wildman–Crippen MR) is 131 cm³/mol. The van der Waals surface area contributed by atoms with Crippen molar-refractivity contribution >= 4 is 30.9 Å². The number of hydrogen-bond acceptors (Lipinski definition) is 4. The number of pyridine rings is 1. The van der Waals surface area contributed by atoms with Gasteiger partial charge in [0.25, 0.3) is 0 Å². The largest absolute Gasteiger partial charge is 0.409 e. The molecule has 5 atom stereocenters. The maximum absolute atomic E-state index is 11.2. The van der Waals surface area contributed by atoms with Crippen LogP contribution in [0, 0.1) is 5.92 Å². The van der Waals surface area contributed by atoms with Gasteiger partial charge in [0.1, 0.15) is 12.0 Å². The fourth-order valence-electron chi connectivity index (χ4n) is 6.38. The zero-order valence-corrected chi connectivity index (χ0v) is 21.1. The Hall–Kier alpha value is 0.00494. The monoisotopic (exact) mass is 492 g/mol. The van der Waals surface area contributed by atoms with Crippen LogP contribution in [-0.2, 0) is 0 Å². The van der Waals surface area contributed by atoms with Gasteiger partial charge in [-0.25, -0.2) is 4.98 Å². The SMILES string of the molecule is [B][P+](C1CCC([C@H](O)c2cccnc2Br)C1)(N1CCC[C@H]1CC)N1CCC[C@H]1CC. The third-order valence-corrected chi connectivity index (χ3v) is 12.9. The zero-order chi connectivity index (χ0) is 21.3. The third kappa shape index (κ3) is 4.17. The summed E-state index contributed by atoms with van der Waals surface area (Å²) in [6.07, 6.45) is 12.1. The van der Waals surface area contributed by atoms with Gasteiger partial charge in [-0.3, -0.25) is 0 Å². The molecule has 2 saturated heterocycles. The molecule has 2 radical (unpaired) electrons. The van der Waals surface area contributed by atoms with Gasteiger partial charge < -0.3 is 5.11 Å². The van der Waals surface area contributed by atoms with Crippen LogP contribution < -0.4 is 0 Å². The van der Waals surface area contributed by atoms with E-state index in [2.05, 4.69) is 44.1 Å². The molecular formula is C23H37BBrN3OP+. The van der Waals surface area contributed by atoms with Crippen molar-refractivity contribution in [3.8, 4) is 0 Å². The summed E-state index contributed by atoms with van der Waals surface area (Å²) < 4.78 is 6.33. The number of aliphatic hydroxyl groups is 1. The summed E-state index contributed by atoms with van der Waals surface area (Å²) >= 11 is 3.54. The third-order valence-electron chi connectivity index (χ3n) is 7.99. The van der Waals surface area contributed by atoms with Crippen molar-refractivity contribution in [3.05, 3.63) is 28.5 Å². The highest BCUT2D eigenvalue weighted by Gasteiger charge is 2.59. The smallest absolute Gasteiger partial charge is 0.388 e. The van der Waals surface area contributed by atoms with E-state index in [0.717, 1.165) is 42.5 Å². The number of nitrogens with zero attached hydrogens (tertiary/aromatic N) is 3. The molecule has 0 amide bonds. The molecule has 1 aromatic heterocycles. The Balaban J connectivity index is 1.59. The van der Waals surface area contributed by atoms with Crippen LogP contribution in [0.25, 0.3) is 0 Å². The summed E-state index contributed by atoms with van der Waals surface area (Å²) in [6.45, 7) is 6.98. The molecule has 1 aliphatic carbocycles.